The number of H-pyrrole nitrogens is 1. The number of nitrogens with one attached hydrogen (secondary N) is 3. The van der Waals surface area contributed by atoms with Crippen LogP contribution in [0.4, 0.5) is 21.6 Å². The average molecular weight is 527 g/mol. The number of pyridine rings is 1. The van der Waals surface area contributed by atoms with Gasteiger partial charge in [0.25, 0.3) is 11.5 Å². The van der Waals surface area contributed by atoms with Crippen LogP contribution in [0.25, 0.3) is 21.3 Å². The monoisotopic (exact) mass is 526 g/mol. The fourth-order valence-corrected chi connectivity index (χ4v) is 5.43. The summed E-state index contributed by atoms with van der Waals surface area (Å²) in [5.74, 6) is 0.0269. The van der Waals surface area contributed by atoms with Gasteiger partial charge in [-0.2, -0.15) is 5.10 Å². The molecular weight excluding hydrogens is 503 g/mol. The third kappa shape index (κ3) is 4.79. The van der Waals surface area contributed by atoms with Gasteiger partial charge < -0.3 is 15.5 Å². The highest BCUT2D eigenvalue weighted by Gasteiger charge is 2.24. The van der Waals surface area contributed by atoms with Gasteiger partial charge in [0.05, 0.1) is 16.3 Å². The predicted molar refractivity (Wildman–Crippen MR) is 148 cm³/mol. The summed E-state index contributed by atoms with van der Waals surface area (Å²) in [5.41, 5.74) is 1.94. The SMILES string of the molecule is CN1CC(c2ccc(Nc3cc(-c4ccc(F)c(NC(=O)c5cc6ccccc6s5)c4)n[nH]c3=O)nc2)C1. The number of halogens is 1. The van der Waals surface area contributed by atoms with Crippen molar-refractivity contribution >= 4 is 44.5 Å². The van der Waals surface area contributed by atoms with Gasteiger partial charge in [-0.05, 0) is 60.5 Å². The van der Waals surface area contributed by atoms with Crippen molar-refractivity contribution in [3.8, 4) is 11.3 Å². The van der Waals surface area contributed by atoms with Gasteiger partial charge in [-0.25, -0.2) is 14.5 Å². The number of nitrogens with zero attached hydrogens (tertiary/aromatic N) is 3. The van der Waals surface area contributed by atoms with E-state index in [0.717, 1.165) is 28.7 Å². The Morgan fingerprint density at radius 2 is 1.92 bits per heavy atom. The summed E-state index contributed by atoms with van der Waals surface area (Å²) in [6.45, 7) is 2.01. The summed E-state index contributed by atoms with van der Waals surface area (Å²) in [7, 11) is 2.08. The number of carbonyl (C=O) groups is 1. The number of likely N-dealkylation sites (N-methyl/N-ethyl adjacent to an activating group) is 1. The molecule has 1 aliphatic heterocycles. The second kappa shape index (κ2) is 9.81. The number of rotatable bonds is 6. The lowest BCUT2D eigenvalue weighted by Crippen LogP contribution is -2.41. The molecule has 10 heteroatoms. The Morgan fingerprint density at radius 1 is 1.08 bits per heavy atom. The predicted octanol–water partition coefficient (Wildman–Crippen LogP) is 5.21. The van der Waals surface area contributed by atoms with Gasteiger partial charge in [-0.3, -0.25) is 9.59 Å². The largest absolute Gasteiger partial charge is 0.336 e. The van der Waals surface area contributed by atoms with Gasteiger partial charge in [-0.1, -0.05) is 24.3 Å². The standard InChI is InChI=1S/C28H23FN6O2S/c1-35-14-19(15-35)18-7-9-26(30-13-18)31-23-12-21(33-34-27(23)36)16-6-8-20(29)22(10-16)32-28(37)25-11-17-4-2-3-5-24(17)38-25/h2-13,19H,14-15H2,1H3,(H,32,37)(H,34,36)(H,30,31,33). The molecule has 5 aromatic rings. The molecule has 38 heavy (non-hydrogen) atoms. The summed E-state index contributed by atoms with van der Waals surface area (Å²) in [4.78, 5) is 32.5. The summed E-state index contributed by atoms with van der Waals surface area (Å²) in [6.07, 6.45) is 1.82. The van der Waals surface area contributed by atoms with Crippen LogP contribution >= 0.6 is 11.3 Å². The van der Waals surface area contributed by atoms with Gasteiger partial charge in [0.2, 0.25) is 0 Å². The molecule has 190 valence electrons. The van der Waals surface area contributed by atoms with Crippen LogP contribution in [0.1, 0.15) is 21.2 Å². The van der Waals surface area contributed by atoms with E-state index in [4.69, 9.17) is 0 Å². The molecule has 3 N–H and O–H groups in total. The summed E-state index contributed by atoms with van der Waals surface area (Å²) >= 11 is 1.34. The van der Waals surface area contributed by atoms with E-state index in [0.29, 0.717) is 27.9 Å². The maximum absolute atomic E-state index is 14.6. The number of hydrogen-bond acceptors (Lipinski definition) is 7. The number of carbonyl (C=O) groups excluding carboxylic acids is 1. The highest BCUT2D eigenvalue weighted by atomic mass is 32.1. The maximum Gasteiger partial charge on any atom is 0.287 e. The molecule has 0 atom stereocenters. The Morgan fingerprint density at radius 3 is 2.68 bits per heavy atom. The third-order valence-electron chi connectivity index (χ3n) is 6.55. The zero-order valence-corrected chi connectivity index (χ0v) is 21.2. The molecule has 2 aromatic carbocycles. The number of anilines is 3. The molecule has 1 fully saturated rings. The second-order valence-corrected chi connectivity index (χ2v) is 10.4. The Kier molecular flexibility index (Phi) is 6.18. The first-order valence-electron chi connectivity index (χ1n) is 12.0. The molecule has 1 aliphatic rings. The van der Waals surface area contributed by atoms with Crippen LogP contribution in [0.15, 0.2) is 77.7 Å². The number of hydrogen-bond donors (Lipinski definition) is 3. The van der Waals surface area contributed by atoms with E-state index < -0.39 is 17.3 Å². The first kappa shape index (κ1) is 24.0. The number of aromatic nitrogens is 3. The number of fused-ring (bicyclic) bond motifs is 1. The van der Waals surface area contributed by atoms with Gasteiger partial charge in [-0.15, -0.1) is 11.3 Å². The topological polar surface area (TPSA) is 103 Å². The fourth-order valence-electron chi connectivity index (χ4n) is 4.47. The molecular formula is C28H23FN6O2S. The van der Waals surface area contributed by atoms with Gasteiger partial charge in [0.15, 0.2) is 0 Å². The zero-order chi connectivity index (χ0) is 26.2. The molecule has 0 spiro atoms. The Bertz CT molecular complexity index is 1680. The minimum absolute atomic E-state index is 0.0198. The van der Waals surface area contributed by atoms with Crippen molar-refractivity contribution in [3.63, 3.8) is 0 Å². The van der Waals surface area contributed by atoms with Crippen molar-refractivity contribution in [3.05, 3.63) is 99.5 Å². The molecule has 4 heterocycles. The van der Waals surface area contributed by atoms with Crippen LogP contribution in [0.3, 0.4) is 0 Å². The highest BCUT2D eigenvalue weighted by Crippen LogP contribution is 2.29. The Labute approximate surface area is 221 Å². The van der Waals surface area contributed by atoms with E-state index in [1.165, 1.54) is 29.5 Å². The highest BCUT2D eigenvalue weighted by molar-refractivity contribution is 7.20. The molecule has 6 rings (SSSR count). The van der Waals surface area contributed by atoms with Crippen LogP contribution in [-0.4, -0.2) is 46.1 Å². The van der Waals surface area contributed by atoms with Crippen molar-refractivity contribution in [1.29, 1.82) is 0 Å². The van der Waals surface area contributed by atoms with Gasteiger partial charge >= 0.3 is 0 Å². The van der Waals surface area contributed by atoms with Gasteiger partial charge in [0.1, 0.15) is 17.3 Å². The number of amides is 1. The van der Waals surface area contributed by atoms with Crippen molar-refractivity contribution in [2.75, 3.05) is 30.8 Å². The molecule has 0 saturated carbocycles. The average Bonchev–Trinajstić information content (AvgIpc) is 3.35. The van der Waals surface area contributed by atoms with E-state index in [9.17, 15) is 14.0 Å². The molecule has 1 saturated heterocycles. The Balaban J connectivity index is 1.22. The third-order valence-corrected chi connectivity index (χ3v) is 7.66. The van der Waals surface area contributed by atoms with Crippen molar-refractivity contribution in [2.45, 2.75) is 5.92 Å². The molecule has 3 aromatic heterocycles. The van der Waals surface area contributed by atoms with Crippen molar-refractivity contribution < 1.29 is 9.18 Å². The van der Waals surface area contributed by atoms with Gasteiger partial charge in [0, 0.05) is 35.5 Å². The smallest absolute Gasteiger partial charge is 0.287 e. The first-order chi connectivity index (χ1) is 18.4. The minimum atomic E-state index is -0.576. The number of likely N-dealkylation sites (tertiary alicyclic amines) is 1. The molecule has 0 aliphatic carbocycles. The van der Waals surface area contributed by atoms with E-state index in [2.05, 4.69) is 37.8 Å². The zero-order valence-electron chi connectivity index (χ0n) is 20.4. The van der Waals surface area contributed by atoms with Crippen LogP contribution < -0.4 is 16.2 Å². The van der Waals surface area contributed by atoms with E-state index in [1.54, 1.807) is 12.1 Å². The summed E-state index contributed by atoms with van der Waals surface area (Å²) < 4.78 is 15.6. The van der Waals surface area contributed by atoms with E-state index >= 15 is 0 Å². The normalized spacial score (nSPS) is 13.8. The van der Waals surface area contributed by atoms with Crippen LogP contribution in [0.5, 0.6) is 0 Å². The lowest BCUT2D eigenvalue weighted by atomic mass is 9.93. The minimum Gasteiger partial charge on any atom is -0.336 e. The van der Waals surface area contributed by atoms with E-state index in [-0.39, 0.29) is 11.4 Å². The lowest BCUT2D eigenvalue weighted by molar-refractivity contribution is 0.103. The lowest BCUT2D eigenvalue weighted by Gasteiger charge is -2.36. The van der Waals surface area contributed by atoms with Crippen LogP contribution in [0.2, 0.25) is 0 Å². The van der Waals surface area contributed by atoms with Crippen LogP contribution in [-0.2, 0) is 0 Å². The molecule has 1 amide bonds. The first-order valence-corrected chi connectivity index (χ1v) is 12.9. The molecule has 0 bridgehead atoms. The number of aromatic amines is 1. The number of thiophene rings is 1. The molecule has 8 nitrogen and oxygen atoms in total. The van der Waals surface area contributed by atoms with Crippen LogP contribution in [0, 0.1) is 5.82 Å². The van der Waals surface area contributed by atoms with Crippen molar-refractivity contribution in [1.82, 2.24) is 20.1 Å². The molecule has 0 radical (unpaired) electrons. The van der Waals surface area contributed by atoms with Crippen molar-refractivity contribution in [2.24, 2.45) is 0 Å². The quantitative estimate of drug-likeness (QED) is 0.281. The number of benzene rings is 2. The summed E-state index contributed by atoms with van der Waals surface area (Å²) in [6, 6.07) is 19.2. The molecule has 0 unspecified atom stereocenters. The second-order valence-electron chi connectivity index (χ2n) is 9.31. The van der Waals surface area contributed by atoms with E-state index in [1.807, 2.05) is 42.6 Å². The maximum atomic E-state index is 14.6. The fraction of sp³-hybridized carbons (Fsp3) is 0.143. The Hall–Kier alpha value is -4.41. The summed E-state index contributed by atoms with van der Waals surface area (Å²) in [5, 5.41) is 13.2.